The molecule has 0 aliphatic heterocycles. The van der Waals surface area contributed by atoms with E-state index in [9.17, 15) is 26.4 Å². The molecule has 0 amide bonds. The van der Waals surface area contributed by atoms with Gasteiger partial charge in [-0.05, 0) is 24.3 Å². The molecule has 14 heteroatoms. The number of rotatable bonds is 7. The standard InChI is InChI=1S/C25H17F4N5O4S/c1-38-25-32-9-13(10-33-25)12-7-14-15(11-31-24(14)30-8-12)22(35)20-16(26)5-6-19(21(20)29)34-39(36,37)23-17(27)3-2-4-18(23)28/h2-3,5-11,18,34H,4H2,1H3,(H,30,31). The van der Waals surface area contributed by atoms with E-state index in [1.165, 1.54) is 38.0 Å². The fourth-order valence-corrected chi connectivity index (χ4v) is 5.33. The Balaban J connectivity index is 1.53. The zero-order valence-electron chi connectivity index (χ0n) is 19.9. The minimum Gasteiger partial charge on any atom is -0.467 e. The molecule has 200 valence electrons. The van der Waals surface area contributed by atoms with Crippen molar-refractivity contribution in [2.45, 2.75) is 12.6 Å². The van der Waals surface area contributed by atoms with Gasteiger partial charge in [0.1, 0.15) is 28.4 Å². The molecule has 0 spiro atoms. The fraction of sp³-hybridized carbons (Fsp3) is 0.120. The summed E-state index contributed by atoms with van der Waals surface area (Å²) in [5, 5.41) is 0.208. The molecule has 4 aromatic rings. The van der Waals surface area contributed by atoms with Crippen molar-refractivity contribution < 1.29 is 35.5 Å². The van der Waals surface area contributed by atoms with Crippen molar-refractivity contribution in [3.8, 4) is 17.1 Å². The predicted molar refractivity (Wildman–Crippen MR) is 133 cm³/mol. The first-order valence-electron chi connectivity index (χ1n) is 11.2. The Morgan fingerprint density at radius 1 is 1.10 bits per heavy atom. The highest BCUT2D eigenvalue weighted by Crippen LogP contribution is 2.32. The number of sulfonamides is 1. The van der Waals surface area contributed by atoms with Crippen molar-refractivity contribution in [2.24, 2.45) is 0 Å². The number of benzene rings is 1. The molecule has 0 bridgehead atoms. The number of carbonyl (C=O) groups excluding carboxylic acids is 1. The van der Waals surface area contributed by atoms with Crippen LogP contribution in [0.3, 0.4) is 0 Å². The molecule has 3 heterocycles. The van der Waals surface area contributed by atoms with Crippen LogP contribution in [0.4, 0.5) is 23.2 Å². The first kappa shape index (κ1) is 26.0. The second-order valence-electron chi connectivity index (χ2n) is 8.32. The highest BCUT2D eigenvalue weighted by atomic mass is 32.2. The summed E-state index contributed by atoms with van der Waals surface area (Å²) >= 11 is 0. The van der Waals surface area contributed by atoms with Crippen LogP contribution in [0.25, 0.3) is 22.2 Å². The van der Waals surface area contributed by atoms with E-state index in [1.54, 1.807) is 4.72 Å². The van der Waals surface area contributed by atoms with E-state index >= 15 is 4.39 Å². The van der Waals surface area contributed by atoms with Gasteiger partial charge >= 0.3 is 6.01 Å². The molecule has 0 saturated carbocycles. The van der Waals surface area contributed by atoms with Gasteiger partial charge in [0.05, 0.1) is 18.4 Å². The highest BCUT2D eigenvalue weighted by molar-refractivity contribution is 7.96. The van der Waals surface area contributed by atoms with E-state index in [0.717, 1.165) is 12.2 Å². The lowest BCUT2D eigenvalue weighted by molar-refractivity contribution is 0.103. The lowest BCUT2D eigenvalue weighted by atomic mass is 10.0. The van der Waals surface area contributed by atoms with Crippen molar-refractivity contribution in [3.63, 3.8) is 0 Å². The topological polar surface area (TPSA) is 127 Å². The monoisotopic (exact) mass is 559 g/mol. The second kappa shape index (κ2) is 9.94. The number of methoxy groups -OCH3 is 1. The van der Waals surface area contributed by atoms with Gasteiger partial charge in [-0.25, -0.2) is 40.9 Å². The fourth-order valence-electron chi connectivity index (χ4n) is 4.02. The van der Waals surface area contributed by atoms with Crippen LogP contribution in [-0.2, 0) is 10.0 Å². The number of nitrogens with zero attached hydrogens (tertiary/aromatic N) is 3. The van der Waals surface area contributed by atoms with Crippen molar-refractivity contribution in [3.05, 3.63) is 88.6 Å². The van der Waals surface area contributed by atoms with Gasteiger partial charge in [-0.2, -0.15) is 0 Å². The zero-order chi connectivity index (χ0) is 27.9. The van der Waals surface area contributed by atoms with Crippen LogP contribution in [0.5, 0.6) is 6.01 Å². The normalized spacial score (nSPS) is 15.6. The number of carbonyl (C=O) groups is 1. The average Bonchev–Trinajstić information content (AvgIpc) is 3.33. The zero-order valence-corrected chi connectivity index (χ0v) is 20.7. The minimum atomic E-state index is -4.92. The Bertz CT molecular complexity index is 1790. The maximum Gasteiger partial charge on any atom is 0.316 e. The highest BCUT2D eigenvalue weighted by Gasteiger charge is 2.33. The van der Waals surface area contributed by atoms with Gasteiger partial charge in [-0.3, -0.25) is 9.52 Å². The molecule has 9 nitrogen and oxygen atoms in total. The van der Waals surface area contributed by atoms with Gasteiger partial charge in [0.15, 0.2) is 5.82 Å². The van der Waals surface area contributed by atoms with Crippen molar-refractivity contribution in [1.29, 1.82) is 0 Å². The van der Waals surface area contributed by atoms with Gasteiger partial charge in [0, 0.05) is 53.3 Å². The number of hydrogen-bond donors (Lipinski definition) is 2. The van der Waals surface area contributed by atoms with Gasteiger partial charge in [-0.15, -0.1) is 0 Å². The first-order chi connectivity index (χ1) is 18.6. The van der Waals surface area contributed by atoms with Crippen LogP contribution in [0.2, 0.25) is 0 Å². The first-order valence-corrected chi connectivity index (χ1v) is 12.7. The third-order valence-corrected chi connectivity index (χ3v) is 7.42. The third kappa shape index (κ3) is 4.74. The van der Waals surface area contributed by atoms with Crippen LogP contribution < -0.4 is 9.46 Å². The summed E-state index contributed by atoms with van der Waals surface area (Å²) in [7, 11) is -3.52. The largest absolute Gasteiger partial charge is 0.467 e. The molecular formula is C25H17F4N5O4S. The number of H-pyrrole nitrogens is 1. The minimum absolute atomic E-state index is 0.132. The molecule has 1 unspecified atom stereocenters. The van der Waals surface area contributed by atoms with Crippen LogP contribution in [0, 0.1) is 11.6 Å². The number of nitrogens with one attached hydrogen (secondary N) is 2. The maximum atomic E-state index is 15.4. The number of aromatic nitrogens is 4. The summed E-state index contributed by atoms with van der Waals surface area (Å²) < 4.78 is 90.4. The molecule has 0 fully saturated rings. The van der Waals surface area contributed by atoms with Crippen molar-refractivity contribution >= 4 is 32.5 Å². The average molecular weight is 560 g/mol. The van der Waals surface area contributed by atoms with Crippen molar-refractivity contribution in [1.82, 2.24) is 19.9 Å². The lowest BCUT2D eigenvalue weighted by Crippen LogP contribution is -2.24. The lowest BCUT2D eigenvalue weighted by Gasteiger charge is -2.18. The smallest absolute Gasteiger partial charge is 0.316 e. The second-order valence-corrected chi connectivity index (χ2v) is 9.97. The van der Waals surface area contributed by atoms with E-state index in [4.69, 9.17) is 4.74 Å². The summed E-state index contributed by atoms with van der Waals surface area (Å²) in [6.45, 7) is 0. The number of fused-ring (bicyclic) bond motifs is 1. The summed E-state index contributed by atoms with van der Waals surface area (Å²) in [6, 6.07) is 3.04. The van der Waals surface area contributed by atoms with Crippen molar-refractivity contribution in [2.75, 3.05) is 11.8 Å². The Kier molecular flexibility index (Phi) is 6.64. The van der Waals surface area contributed by atoms with Crippen LogP contribution in [0.1, 0.15) is 22.3 Å². The number of ether oxygens (including phenoxy) is 1. The van der Waals surface area contributed by atoms with E-state index in [1.807, 2.05) is 0 Å². The van der Waals surface area contributed by atoms with Gasteiger partial charge in [0.2, 0.25) is 5.78 Å². The molecular weight excluding hydrogens is 542 g/mol. The molecule has 1 aromatic carbocycles. The predicted octanol–water partition coefficient (Wildman–Crippen LogP) is 4.76. The van der Waals surface area contributed by atoms with Gasteiger partial charge in [0.25, 0.3) is 10.0 Å². The molecule has 3 aromatic heterocycles. The number of pyridine rings is 1. The Hall–Kier alpha value is -4.59. The number of hydrogen-bond acceptors (Lipinski definition) is 7. The molecule has 1 atom stereocenters. The molecule has 5 rings (SSSR count). The molecule has 2 N–H and O–H groups in total. The summed E-state index contributed by atoms with van der Waals surface area (Å²) in [4.78, 5) is 27.1. The van der Waals surface area contributed by atoms with E-state index < -0.39 is 62.0 Å². The number of halogens is 4. The number of allylic oxidation sites excluding steroid dienone is 4. The Morgan fingerprint density at radius 2 is 1.82 bits per heavy atom. The number of aromatic amines is 1. The quantitative estimate of drug-likeness (QED) is 0.247. The molecule has 1 aliphatic carbocycles. The SMILES string of the molecule is COc1ncc(-c2cnc3[nH]cc(C(=O)c4c(F)ccc(NS(=O)(=O)C5=C(F)C=CCC5F)c4F)c3c2)cn1. The number of ketones is 1. The van der Waals surface area contributed by atoms with Gasteiger partial charge < -0.3 is 9.72 Å². The van der Waals surface area contributed by atoms with Gasteiger partial charge in [-0.1, -0.05) is 6.08 Å². The third-order valence-electron chi connectivity index (χ3n) is 5.90. The van der Waals surface area contributed by atoms with Crippen LogP contribution in [0.15, 0.2) is 65.9 Å². The maximum absolute atomic E-state index is 15.4. The van der Waals surface area contributed by atoms with E-state index in [2.05, 4.69) is 19.9 Å². The summed E-state index contributed by atoms with van der Waals surface area (Å²) in [6.07, 6.45) is 4.86. The number of alkyl halides is 1. The van der Waals surface area contributed by atoms with E-state index in [0.29, 0.717) is 23.3 Å². The summed E-state index contributed by atoms with van der Waals surface area (Å²) in [5.74, 6) is -5.33. The van der Waals surface area contributed by atoms with E-state index in [-0.39, 0.29) is 22.6 Å². The molecule has 39 heavy (non-hydrogen) atoms. The Labute approximate surface area is 218 Å². The van der Waals surface area contributed by atoms with Crippen LogP contribution >= 0.6 is 0 Å². The number of anilines is 1. The van der Waals surface area contributed by atoms with Crippen LogP contribution in [-0.4, -0.2) is 47.4 Å². The molecule has 0 radical (unpaired) electrons. The Morgan fingerprint density at radius 3 is 2.51 bits per heavy atom. The molecule has 0 saturated heterocycles. The summed E-state index contributed by atoms with van der Waals surface area (Å²) in [5.41, 5.74) is -0.875. The molecule has 1 aliphatic rings.